The molecule has 112 valence electrons. The first-order valence-corrected chi connectivity index (χ1v) is 7.44. The summed E-state index contributed by atoms with van der Waals surface area (Å²) in [7, 11) is 3.52. The average molecular weight is 277 g/mol. The van der Waals surface area contributed by atoms with E-state index < -0.39 is 0 Å². The second-order valence-corrected chi connectivity index (χ2v) is 6.57. The van der Waals surface area contributed by atoms with E-state index in [0.29, 0.717) is 5.92 Å². The molecule has 0 bridgehead atoms. The fourth-order valence-corrected chi connectivity index (χ4v) is 2.96. The lowest BCUT2D eigenvalue weighted by Gasteiger charge is -2.28. The molecule has 3 heteroatoms. The summed E-state index contributed by atoms with van der Waals surface area (Å²) in [6.07, 6.45) is 2.32. The third-order valence-corrected chi connectivity index (χ3v) is 4.14. The summed E-state index contributed by atoms with van der Waals surface area (Å²) < 4.78 is 11.3. The van der Waals surface area contributed by atoms with Gasteiger partial charge >= 0.3 is 0 Å². The van der Waals surface area contributed by atoms with Crippen LogP contribution in [0.15, 0.2) is 12.1 Å². The van der Waals surface area contributed by atoms with Crippen LogP contribution in [0.4, 0.5) is 0 Å². The molecule has 1 aromatic rings. The fraction of sp³-hybridized carbons (Fsp3) is 0.647. The lowest BCUT2D eigenvalue weighted by molar-refractivity contribution is 0.374. The zero-order valence-electron chi connectivity index (χ0n) is 13.4. The van der Waals surface area contributed by atoms with Crippen LogP contribution in [0.5, 0.6) is 11.5 Å². The second-order valence-electron chi connectivity index (χ2n) is 6.57. The topological polar surface area (TPSA) is 30.5 Å². The molecule has 0 saturated carbocycles. The first kappa shape index (κ1) is 15.2. The van der Waals surface area contributed by atoms with Crippen LogP contribution in [0, 0.1) is 0 Å². The number of nitrogens with one attached hydrogen (secondary N) is 1. The van der Waals surface area contributed by atoms with Crippen molar-refractivity contribution in [1.82, 2.24) is 5.32 Å². The molecule has 0 radical (unpaired) electrons. The van der Waals surface area contributed by atoms with Crippen molar-refractivity contribution >= 4 is 0 Å². The standard InChI is InChI=1S/C17H27NO2/c1-17(2,3)14-11-15(19-4)13(10-16(14)20-5)12-6-8-18-9-7-12/h10-12,18H,6-9H2,1-5H3. The molecule has 1 saturated heterocycles. The molecular formula is C17H27NO2. The Morgan fingerprint density at radius 2 is 1.60 bits per heavy atom. The van der Waals surface area contributed by atoms with Crippen molar-refractivity contribution in [3.8, 4) is 11.5 Å². The van der Waals surface area contributed by atoms with Crippen LogP contribution in [-0.4, -0.2) is 27.3 Å². The Bertz CT molecular complexity index is 457. The highest BCUT2D eigenvalue weighted by Crippen LogP contribution is 2.41. The van der Waals surface area contributed by atoms with Crippen molar-refractivity contribution in [1.29, 1.82) is 0 Å². The molecule has 20 heavy (non-hydrogen) atoms. The zero-order chi connectivity index (χ0) is 14.8. The normalized spacial score (nSPS) is 17.1. The van der Waals surface area contributed by atoms with Gasteiger partial charge in [-0.05, 0) is 49.4 Å². The van der Waals surface area contributed by atoms with E-state index in [1.165, 1.54) is 11.1 Å². The van der Waals surface area contributed by atoms with Crippen molar-refractivity contribution in [2.45, 2.75) is 44.9 Å². The van der Waals surface area contributed by atoms with Crippen molar-refractivity contribution in [3.63, 3.8) is 0 Å². The van der Waals surface area contributed by atoms with Gasteiger partial charge in [0.15, 0.2) is 0 Å². The van der Waals surface area contributed by atoms with Gasteiger partial charge in [-0.15, -0.1) is 0 Å². The van der Waals surface area contributed by atoms with E-state index in [-0.39, 0.29) is 5.41 Å². The van der Waals surface area contributed by atoms with E-state index >= 15 is 0 Å². The number of methoxy groups -OCH3 is 2. The van der Waals surface area contributed by atoms with Crippen LogP contribution in [0.25, 0.3) is 0 Å². The van der Waals surface area contributed by atoms with Crippen LogP contribution < -0.4 is 14.8 Å². The Kier molecular flexibility index (Phi) is 4.59. The van der Waals surface area contributed by atoms with Gasteiger partial charge in [0.05, 0.1) is 14.2 Å². The minimum absolute atomic E-state index is 0.0469. The predicted octanol–water partition coefficient (Wildman–Crippen LogP) is 3.47. The van der Waals surface area contributed by atoms with E-state index in [9.17, 15) is 0 Å². The monoisotopic (exact) mass is 277 g/mol. The van der Waals surface area contributed by atoms with Gasteiger partial charge in [0.1, 0.15) is 11.5 Å². The van der Waals surface area contributed by atoms with Gasteiger partial charge in [0, 0.05) is 11.1 Å². The Morgan fingerprint density at radius 1 is 1.00 bits per heavy atom. The molecule has 1 aromatic carbocycles. The first-order valence-electron chi connectivity index (χ1n) is 7.44. The lowest BCUT2D eigenvalue weighted by atomic mass is 9.82. The molecule has 3 nitrogen and oxygen atoms in total. The molecule has 0 atom stereocenters. The van der Waals surface area contributed by atoms with Crippen LogP contribution >= 0.6 is 0 Å². The molecule has 1 aliphatic heterocycles. The van der Waals surface area contributed by atoms with Crippen LogP contribution in [0.1, 0.15) is 50.7 Å². The maximum absolute atomic E-state index is 5.66. The van der Waals surface area contributed by atoms with E-state index in [0.717, 1.165) is 37.4 Å². The number of rotatable bonds is 3. The van der Waals surface area contributed by atoms with Crippen molar-refractivity contribution in [2.24, 2.45) is 0 Å². The molecule has 1 aliphatic rings. The Balaban J connectivity index is 2.46. The van der Waals surface area contributed by atoms with Gasteiger partial charge in [0.25, 0.3) is 0 Å². The third kappa shape index (κ3) is 3.09. The average Bonchev–Trinajstić information content (AvgIpc) is 2.45. The smallest absolute Gasteiger partial charge is 0.123 e. The first-order chi connectivity index (χ1) is 9.47. The SMILES string of the molecule is COc1cc(C(C)(C)C)c(OC)cc1C1CCNCC1. The molecule has 1 heterocycles. The van der Waals surface area contributed by atoms with Gasteiger partial charge in [-0.25, -0.2) is 0 Å². The van der Waals surface area contributed by atoms with Gasteiger partial charge in [-0.3, -0.25) is 0 Å². The molecule has 0 unspecified atom stereocenters. The van der Waals surface area contributed by atoms with E-state index in [1.807, 2.05) is 0 Å². The quantitative estimate of drug-likeness (QED) is 0.917. The zero-order valence-corrected chi connectivity index (χ0v) is 13.4. The number of ether oxygens (including phenoxy) is 2. The number of hydrogen-bond acceptors (Lipinski definition) is 3. The number of benzene rings is 1. The fourth-order valence-electron chi connectivity index (χ4n) is 2.96. The van der Waals surface area contributed by atoms with Crippen LogP contribution in [0.3, 0.4) is 0 Å². The molecular weight excluding hydrogens is 250 g/mol. The molecule has 0 aromatic heterocycles. The van der Waals surface area contributed by atoms with Crippen molar-refractivity contribution < 1.29 is 9.47 Å². The second kappa shape index (κ2) is 6.04. The number of piperidine rings is 1. The minimum Gasteiger partial charge on any atom is -0.496 e. The summed E-state index contributed by atoms with van der Waals surface area (Å²) in [5.74, 6) is 2.54. The maximum atomic E-state index is 5.66. The highest BCUT2D eigenvalue weighted by atomic mass is 16.5. The van der Waals surface area contributed by atoms with Crippen molar-refractivity contribution in [2.75, 3.05) is 27.3 Å². The third-order valence-electron chi connectivity index (χ3n) is 4.14. The Labute approximate surface area is 122 Å². The predicted molar refractivity (Wildman–Crippen MR) is 83.1 cm³/mol. The summed E-state index contributed by atoms with van der Waals surface area (Å²) in [5.41, 5.74) is 2.54. The summed E-state index contributed by atoms with van der Waals surface area (Å²) in [6, 6.07) is 4.35. The van der Waals surface area contributed by atoms with Crippen LogP contribution in [0.2, 0.25) is 0 Å². The van der Waals surface area contributed by atoms with E-state index in [1.54, 1.807) is 14.2 Å². The van der Waals surface area contributed by atoms with Gasteiger partial charge in [-0.2, -0.15) is 0 Å². The molecule has 2 rings (SSSR count). The van der Waals surface area contributed by atoms with Gasteiger partial charge in [0.2, 0.25) is 0 Å². The Morgan fingerprint density at radius 3 is 2.10 bits per heavy atom. The summed E-state index contributed by atoms with van der Waals surface area (Å²) in [4.78, 5) is 0. The number of hydrogen-bond donors (Lipinski definition) is 1. The van der Waals surface area contributed by atoms with E-state index in [2.05, 4.69) is 38.2 Å². The largest absolute Gasteiger partial charge is 0.496 e. The molecule has 0 spiro atoms. The summed E-state index contributed by atoms with van der Waals surface area (Å²) in [5, 5.41) is 3.41. The summed E-state index contributed by atoms with van der Waals surface area (Å²) >= 11 is 0. The Hall–Kier alpha value is -1.22. The lowest BCUT2D eigenvalue weighted by Crippen LogP contribution is -2.27. The van der Waals surface area contributed by atoms with Gasteiger partial charge < -0.3 is 14.8 Å². The molecule has 1 N–H and O–H groups in total. The molecule has 0 aliphatic carbocycles. The highest BCUT2D eigenvalue weighted by molar-refractivity contribution is 5.50. The van der Waals surface area contributed by atoms with Crippen LogP contribution in [-0.2, 0) is 5.41 Å². The van der Waals surface area contributed by atoms with Crippen molar-refractivity contribution in [3.05, 3.63) is 23.3 Å². The molecule has 1 fully saturated rings. The van der Waals surface area contributed by atoms with E-state index in [4.69, 9.17) is 9.47 Å². The molecule has 0 amide bonds. The summed E-state index contributed by atoms with van der Waals surface area (Å²) in [6.45, 7) is 8.77. The minimum atomic E-state index is 0.0469. The maximum Gasteiger partial charge on any atom is 0.123 e. The van der Waals surface area contributed by atoms with Gasteiger partial charge in [-0.1, -0.05) is 20.8 Å². The highest BCUT2D eigenvalue weighted by Gasteiger charge is 2.25.